The highest BCUT2D eigenvalue weighted by Crippen LogP contribution is 2.25. The lowest BCUT2D eigenvalue weighted by molar-refractivity contribution is -0.112. The zero-order valence-electron chi connectivity index (χ0n) is 19.4. The first-order valence-electron chi connectivity index (χ1n) is 11.7. The number of carbonyl (C=O) groups excluding carboxylic acids is 3. The quantitative estimate of drug-likeness (QED) is 0.308. The zero-order valence-corrected chi connectivity index (χ0v) is 20.2. The van der Waals surface area contributed by atoms with Gasteiger partial charge in [-0.3, -0.25) is 14.4 Å². The number of halogens is 1. The fraction of sp³-hybridized carbons (Fsp3) is 0.179. The third-order valence-corrected chi connectivity index (χ3v) is 6.57. The van der Waals surface area contributed by atoms with Gasteiger partial charge in [0.05, 0.1) is 18.8 Å². The maximum absolute atomic E-state index is 13.2. The van der Waals surface area contributed by atoms with Gasteiger partial charge in [0.2, 0.25) is 0 Å². The molecule has 0 radical (unpaired) electrons. The Kier molecular flexibility index (Phi) is 6.84. The van der Waals surface area contributed by atoms with E-state index in [2.05, 4.69) is 5.32 Å². The number of fused-ring (bicyclic) bond motifs is 1. The molecule has 0 bridgehead atoms. The van der Waals surface area contributed by atoms with E-state index in [4.69, 9.17) is 16.3 Å². The van der Waals surface area contributed by atoms with Crippen molar-refractivity contribution in [1.82, 2.24) is 9.47 Å². The molecule has 4 aromatic rings. The highest BCUT2D eigenvalue weighted by Gasteiger charge is 2.23. The number of para-hydroxylation sites is 1. The normalized spacial score (nSPS) is 13.5. The van der Waals surface area contributed by atoms with Crippen molar-refractivity contribution in [2.45, 2.75) is 6.54 Å². The molecule has 1 saturated heterocycles. The summed E-state index contributed by atoms with van der Waals surface area (Å²) in [6.45, 7) is 2.50. The van der Waals surface area contributed by atoms with Gasteiger partial charge in [-0.1, -0.05) is 54.1 Å². The molecule has 0 aliphatic carbocycles. The molecule has 2 amide bonds. The summed E-state index contributed by atoms with van der Waals surface area (Å²) >= 11 is 6.34. The number of rotatable bonds is 6. The molecule has 36 heavy (non-hydrogen) atoms. The molecule has 5 rings (SSSR count). The van der Waals surface area contributed by atoms with Crippen LogP contribution in [0.15, 0.2) is 79.0 Å². The third-order valence-electron chi connectivity index (χ3n) is 6.20. The van der Waals surface area contributed by atoms with Crippen LogP contribution in [0.2, 0.25) is 5.02 Å². The molecule has 0 unspecified atom stereocenters. The number of ether oxygens (including phenoxy) is 1. The molecule has 7 nitrogen and oxygen atoms in total. The number of morpholine rings is 1. The largest absolute Gasteiger partial charge is 0.378 e. The second-order valence-corrected chi connectivity index (χ2v) is 8.96. The molecule has 1 aliphatic heterocycles. The lowest BCUT2D eigenvalue weighted by Gasteiger charge is -2.27. The molecule has 1 N–H and O–H groups in total. The van der Waals surface area contributed by atoms with Crippen LogP contribution in [-0.2, 0) is 16.1 Å². The second kappa shape index (κ2) is 10.4. The van der Waals surface area contributed by atoms with Crippen molar-refractivity contribution in [3.8, 4) is 0 Å². The molecule has 182 valence electrons. The van der Waals surface area contributed by atoms with Crippen LogP contribution in [0.4, 0.5) is 5.69 Å². The van der Waals surface area contributed by atoms with Gasteiger partial charge < -0.3 is 19.5 Å². The Morgan fingerprint density at radius 3 is 2.47 bits per heavy atom. The molecular formula is C28H24ClN3O4. The number of aromatic nitrogens is 1. The lowest BCUT2D eigenvalue weighted by Crippen LogP contribution is -2.40. The van der Waals surface area contributed by atoms with Gasteiger partial charge in [0.1, 0.15) is 0 Å². The van der Waals surface area contributed by atoms with Gasteiger partial charge in [-0.25, -0.2) is 0 Å². The van der Waals surface area contributed by atoms with Crippen molar-refractivity contribution >= 4 is 45.8 Å². The van der Waals surface area contributed by atoms with Crippen LogP contribution in [0.1, 0.15) is 26.3 Å². The predicted molar refractivity (Wildman–Crippen MR) is 139 cm³/mol. The Bertz CT molecular complexity index is 1460. The summed E-state index contributed by atoms with van der Waals surface area (Å²) in [6.07, 6.45) is 1.69. The molecular weight excluding hydrogens is 478 g/mol. The number of Topliss-reactive ketones (excluding diaryl/α,β-unsaturated/α-hetero) is 1. The number of hydrogen-bond acceptors (Lipinski definition) is 4. The van der Waals surface area contributed by atoms with Crippen molar-refractivity contribution in [2.75, 3.05) is 31.6 Å². The van der Waals surface area contributed by atoms with E-state index in [9.17, 15) is 14.4 Å². The van der Waals surface area contributed by atoms with Gasteiger partial charge in [-0.2, -0.15) is 0 Å². The van der Waals surface area contributed by atoms with Gasteiger partial charge in [0.25, 0.3) is 17.6 Å². The summed E-state index contributed by atoms with van der Waals surface area (Å²) in [7, 11) is 0. The first-order valence-corrected chi connectivity index (χ1v) is 12.0. The number of benzene rings is 3. The average molecular weight is 502 g/mol. The van der Waals surface area contributed by atoms with Crippen LogP contribution in [0.5, 0.6) is 0 Å². The summed E-state index contributed by atoms with van der Waals surface area (Å²) < 4.78 is 7.22. The number of amides is 2. The summed E-state index contributed by atoms with van der Waals surface area (Å²) in [5.41, 5.74) is 2.86. The second-order valence-electron chi connectivity index (χ2n) is 8.55. The van der Waals surface area contributed by atoms with Gasteiger partial charge in [-0.15, -0.1) is 0 Å². The number of carbonyl (C=O) groups is 3. The number of hydrogen-bond donors (Lipinski definition) is 1. The van der Waals surface area contributed by atoms with E-state index in [0.29, 0.717) is 60.1 Å². The van der Waals surface area contributed by atoms with E-state index < -0.39 is 11.7 Å². The van der Waals surface area contributed by atoms with Gasteiger partial charge in [-0.05, 0) is 35.9 Å². The summed E-state index contributed by atoms with van der Waals surface area (Å²) in [5.74, 6) is -1.57. The Hall–Kier alpha value is -3.94. The zero-order chi connectivity index (χ0) is 25.1. The maximum atomic E-state index is 13.2. The third kappa shape index (κ3) is 4.89. The van der Waals surface area contributed by atoms with Crippen LogP contribution in [0, 0.1) is 0 Å². The highest BCUT2D eigenvalue weighted by atomic mass is 35.5. The van der Waals surface area contributed by atoms with Crippen molar-refractivity contribution in [3.63, 3.8) is 0 Å². The summed E-state index contributed by atoms with van der Waals surface area (Å²) in [6, 6.07) is 21.6. The minimum atomic E-state index is -0.772. The minimum absolute atomic E-state index is 0.136. The predicted octanol–water partition coefficient (Wildman–Crippen LogP) is 4.64. The summed E-state index contributed by atoms with van der Waals surface area (Å²) in [5, 5.41) is 3.97. The van der Waals surface area contributed by atoms with Crippen LogP contribution in [0.25, 0.3) is 10.9 Å². The molecule has 3 aromatic carbocycles. The molecule has 1 fully saturated rings. The van der Waals surface area contributed by atoms with E-state index in [1.807, 2.05) is 53.1 Å². The topological polar surface area (TPSA) is 80.6 Å². The van der Waals surface area contributed by atoms with Crippen LogP contribution in [-0.4, -0.2) is 53.4 Å². The first-order chi connectivity index (χ1) is 17.5. The van der Waals surface area contributed by atoms with Crippen LogP contribution in [0.3, 0.4) is 0 Å². The number of nitrogens with zero attached hydrogens (tertiary/aromatic N) is 2. The van der Waals surface area contributed by atoms with Crippen LogP contribution < -0.4 is 5.32 Å². The molecule has 2 heterocycles. The minimum Gasteiger partial charge on any atom is -0.378 e. The van der Waals surface area contributed by atoms with E-state index in [0.717, 1.165) is 11.1 Å². The fourth-order valence-electron chi connectivity index (χ4n) is 4.36. The van der Waals surface area contributed by atoms with Crippen molar-refractivity contribution in [3.05, 3.63) is 101 Å². The maximum Gasteiger partial charge on any atom is 0.296 e. The Labute approximate surface area is 213 Å². The fourth-order valence-corrected chi connectivity index (χ4v) is 4.55. The Morgan fingerprint density at radius 1 is 0.917 bits per heavy atom. The summed E-state index contributed by atoms with van der Waals surface area (Å²) in [4.78, 5) is 40.7. The van der Waals surface area contributed by atoms with E-state index >= 15 is 0 Å². The Morgan fingerprint density at radius 2 is 1.67 bits per heavy atom. The molecule has 0 spiro atoms. The van der Waals surface area contributed by atoms with Crippen molar-refractivity contribution < 1.29 is 19.1 Å². The molecule has 1 aliphatic rings. The van der Waals surface area contributed by atoms with Gasteiger partial charge in [0.15, 0.2) is 0 Å². The Balaban J connectivity index is 1.37. The molecule has 1 aromatic heterocycles. The van der Waals surface area contributed by atoms with E-state index in [1.165, 1.54) is 0 Å². The number of anilines is 1. The van der Waals surface area contributed by atoms with Gasteiger partial charge >= 0.3 is 0 Å². The monoisotopic (exact) mass is 501 g/mol. The molecule has 8 heteroatoms. The van der Waals surface area contributed by atoms with Crippen molar-refractivity contribution in [2.24, 2.45) is 0 Å². The number of nitrogens with one attached hydrogen (secondary N) is 1. The smallest absolute Gasteiger partial charge is 0.296 e. The standard InChI is InChI=1S/C28H24ClN3O4/c29-24-10-3-1-6-20(24)17-32-18-23(22-9-2-4-11-25(22)32)26(33)27(34)30-21-8-5-7-19(16-21)28(35)31-12-14-36-15-13-31/h1-11,16,18H,12-15,17H2,(H,30,34). The first kappa shape index (κ1) is 23.8. The van der Waals surface area contributed by atoms with Gasteiger partial charge in [0, 0.05) is 53.0 Å². The SMILES string of the molecule is O=C(Nc1cccc(C(=O)N2CCOCC2)c1)C(=O)c1cn(Cc2ccccc2Cl)c2ccccc12. The molecule has 0 saturated carbocycles. The number of ketones is 1. The van der Waals surface area contributed by atoms with Crippen LogP contribution >= 0.6 is 11.6 Å². The van der Waals surface area contributed by atoms with E-state index in [1.54, 1.807) is 35.4 Å². The average Bonchev–Trinajstić information content (AvgIpc) is 3.28. The highest BCUT2D eigenvalue weighted by molar-refractivity contribution is 6.48. The van der Waals surface area contributed by atoms with E-state index in [-0.39, 0.29) is 5.91 Å². The molecule has 0 atom stereocenters. The van der Waals surface area contributed by atoms with Crippen molar-refractivity contribution in [1.29, 1.82) is 0 Å². The lowest BCUT2D eigenvalue weighted by atomic mass is 10.1.